The zero-order valence-corrected chi connectivity index (χ0v) is 44.8. The molecule has 0 saturated heterocycles. The van der Waals surface area contributed by atoms with E-state index in [9.17, 15) is 0 Å². The van der Waals surface area contributed by atoms with Gasteiger partial charge < -0.3 is 14.7 Å². The third-order valence-corrected chi connectivity index (χ3v) is 17.1. The van der Waals surface area contributed by atoms with Crippen LogP contribution in [0.2, 0.25) is 0 Å². The van der Waals surface area contributed by atoms with Crippen LogP contribution in [0.5, 0.6) is 0 Å². The molecule has 0 saturated carbocycles. The maximum absolute atomic E-state index is 2.73. The molecule has 7 aromatic carbocycles. The van der Waals surface area contributed by atoms with Gasteiger partial charge in [-0.05, 0) is 181 Å². The second-order valence-corrected chi connectivity index (χ2v) is 26.2. The molecule has 0 amide bonds. The van der Waals surface area contributed by atoms with Crippen LogP contribution in [0, 0.1) is 6.92 Å². The van der Waals surface area contributed by atoms with Gasteiger partial charge in [-0.2, -0.15) is 0 Å². The number of hydrogen-bond acceptors (Lipinski definition) is 3. The van der Waals surface area contributed by atoms with Gasteiger partial charge in [0.2, 0.25) is 0 Å². The molecule has 3 nitrogen and oxygen atoms in total. The minimum Gasteiger partial charge on any atom is -0.311 e. The largest absolute Gasteiger partial charge is 0.311 e. The van der Waals surface area contributed by atoms with Gasteiger partial charge in [0.1, 0.15) is 0 Å². The quantitative estimate of drug-likeness (QED) is 0.159. The van der Waals surface area contributed by atoms with Crippen LogP contribution >= 0.6 is 0 Å². The summed E-state index contributed by atoms with van der Waals surface area (Å²) >= 11 is 0. The minimum absolute atomic E-state index is 0.00334. The van der Waals surface area contributed by atoms with E-state index in [0.29, 0.717) is 0 Å². The van der Waals surface area contributed by atoms with Crippen molar-refractivity contribution in [2.24, 2.45) is 0 Å². The van der Waals surface area contributed by atoms with E-state index < -0.39 is 0 Å². The first kappa shape index (κ1) is 46.4. The van der Waals surface area contributed by atoms with Gasteiger partial charge in [-0.1, -0.05) is 170 Å². The number of para-hydroxylation sites is 2. The van der Waals surface area contributed by atoms with Crippen LogP contribution in [-0.4, -0.2) is 6.71 Å². The Morgan fingerprint density at radius 2 is 0.929 bits per heavy atom. The second-order valence-electron chi connectivity index (χ2n) is 26.2. The summed E-state index contributed by atoms with van der Waals surface area (Å²) in [5, 5.41) is 0. The number of fused-ring (bicyclic) bond motifs is 6. The highest BCUT2D eigenvalue weighted by molar-refractivity contribution is 7.00. The SMILES string of the molecule is Cc1cc2c(cc1N1c3cc4c(cc3B3c5ccc(C(C)(C)C)cc5N(c5cccc(C(C)(C)C)c5)c5cc(N(c6ccccc6)c6ccccc6)cc1c53)C(C)(C)CC4(C)C)C(C)(C)CCC2(C)C. The fourth-order valence-corrected chi connectivity index (χ4v) is 13.2. The molecular weight excluding hydrogens is 846 g/mol. The maximum atomic E-state index is 2.73. The Morgan fingerprint density at radius 1 is 0.429 bits per heavy atom. The zero-order chi connectivity index (χ0) is 49.7. The van der Waals surface area contributed by atoms with E-state index in [1.807, 2.05) is 0 Å². The summed E-state index contributed by atoms with van der Waals surface area (Å²) in [7, 11) is 0. The molecule has 11 rings (SSSR count). The highest BCUT2D eigenvalue weighted by atomic mass is 15.2. The van der Waals surface area contributed by atoms with Crippen molar-refractivity contribution in [1.29, 1.82) is 0 Å². The molecule has 0 spiro atoms. The number of benzene rings is 7. The van der Waals surface area contributed by atoms with Crippen molar-refractivity contribution >= 4 is 74.3 Å². The third kappa shape index (κ3) is 7.28. The van der Waals surface area contributed by atoms with Crippen LogP contribution < -0.4 is 31.1 Å². The lowest BCUT2D eigenvalue weighted by Gasteiger charge is -2.47. The highest BCUT2D eigenvalue weighted by Crippen LogP contribution is 2.55. The Bertz CT molecular complexity index is 3190. The normalized spacial score (nSPS) is 17.8. The molecule has 356 valence electrons. The highest BCUT2D eigenvalue weighted by Gasteiger charge is 2.49. The predicted molar refractivity (Wildman–Crippen MR) is 303 cm³/mol. The molecule has 4 aliphatic rings. The standard InChI is InChI=1S/C66H74BN3/c1-42-33-49-51(64(10,11)32-31-63(49,8)9)39-55(42)70-57-40-52-50(65(12,13)41-66(52,14)15)38-54(57)67-53-30-29-44(62(5,6)7)35-56(53)69(47-28-22-23-43(34-47)61(2,3)4)58-36-48(37-59(70)60(58)67)68(45-24-18-16-19-25-45)46-26-20-17-21-27-46/h16-30,33-40H,31-32,41H2,1-15H3. The smallest absolute Gasteiger partial charge is 0.252 e. The summed E-state index contributed by atoms with van der Waals surface area (Å²) < 4.78 is 0. The Labute approximate surface area is 421 Å². The molecule has 2 aliphatic heterocycles. The van der Waals surface area contributed by atoms with E-state index in [4.69, 9.17) is 0 Å². The average molecular weight is 920 g/mol. The molecule has 2 aliphatic carbocycles. The molecule has 0 N–H and O–H groups in total. The fourth-order valence-electron chi connectivity index (χ4n) is 13.2. The molecule has 70 heavy (non-hydrogen) atoms. The first-order valence-electron chi connectivity index (χ1n) is 26.1. The van der Waals surface area contributed by atoms with E-state index in [1.54, 1.807) is 0 Å². The van der Waals surface area contributed by atoms with Crippen LogP contribution in [0.15, 0.2) is 140 Å². The Kier molecular flexibility index (Phi) is 10.3. The predicted octanol–water partition coefficient (Wildman–Crippen LogP) is 16.5. The number of anilines is 9. The van der Waals surface area contributed by atoms with Gasteiger partial charge in [0, 0.05) is 45.5 Å². The van der Waals surface area contributed by atoms with Gasteiger partial charge in [-0.15, -0.1) is 0 Å². The van der Waals surface area contributed by atoms with Gasteiger partial charge in [-0.3, -0.25) is 0 Å². The second kappa shape index (κ2) is 15.5. The number of nitrogens with zero attached hydrogens (tertiary/aromatic N) is 3. The summed E-state index contributed by atoms with van der Waals surface area (Å²) in [6.45, 7) is 36.2. The van der Waals surface area contributed by atoms with E-state index >= 15 is 0 Å². The molecule has 0 radical (unpaired) electrons. The molecule has 7 aromatic rings. The molecule has 0 unspecified atom stereocenters. The minimum atomic E-state index is -0.0529. The lowest BCUT2D eigenvalue weighted by Crippen LogP contribution is -2.61. The van der Waals surface area contributed by atoms with Crippen LogP contribution in [-0.2, 0) is 32.5 Å². The van der Waals surface area contributed by atoms with Crippen LogP contribution in [0.3, 0.4) is 0 Å². The van der Waals surface area contributed by atoms with Crippen molar-refractivity contribution in [3.63, 3.8) is 0 Å². The molecule has 0 fully saturated rings. The van der Waals surface area contributed by atoms with Crippen molar-refractivity contribution in [2.75, 3.05) is 14.7 Å². The summed E-state index contributed by atoms with van der Waals surface area (Å²) in [5.74, 6) is 0. The number of rotatable bonds is 5. The van der Waals surface area contributed by atoms with Crippen molar-refractivity contribution in [1.82, 2.24) is 0 Å². The van der Waals surface area contributed by atoms with Crippen molar-refractivity contribution in [3.8, 4) is 0 Å². The monoisotopic (exact) mass is 920 g/mol. The lowest BCUT2D eigenvalue weighted by molar-refractivity contribution is 0.332. The Hall–Kier alpha value is -6.00. The van der Waals surface area contributed by atoms with Gasteiger partial charge in [-0.25, -0.2) is 0 Å². The Morgan fingerprint density at radius 3 is 1.51 bits per heavy atom. The van der Waals surface area contributed by atoms with E-state index in [0.717, 1.165) is 29.9 Å². The molecule has 0 aromatic heterocycles. The summed E-state index contributed by atoms with van der Waals surface area (Å²) in [6.07, 6.45) is 3.46. The molecule has 0 bridgehead atoms. The fraction of sp³-hybridized carbons (Fsp3) is 0.364. The molecular formula is C66H74BN3. The molecule has 4 heteroatoms. The topological polar surface area (TPSA) is 9.72 Å². The van der Waals surface area contributed by atoms with Crippen molar-refractivity contribution in [2.45, 2.75) is 156 Å². The first-order valence-corrected chi connectivity index (χ1v) is 26.1. The third-order valence-electron chi connectivity index (χ3n) is 17.1. The summed E-state index contributed by atoms with van der Waals surface area (Å²) in [5.41, 5.74) is 25.0. The zero-order valence-electron chi connectivity index (χ0n) is 44.8. The van der Waals surface area contributed by atoms with Crippen LogP contribution in [0.4, 0.5) is 51.2 Å². The Balaban J connectivity index is 1.32. The van der Waals surface area contributed by atoms with Gasteiger partial charge in [0.25, 0.3) is 6.71 Å². The summed E-state index contributed by atoms with van der Waals surface area (Å²) in [6, 6.07) is 54.4. The molecule has 0 atom stereocenters. The number of hydrogen-bond donors (Lipinski definition) is 0. The van der Waals surface area contributed by atoms with Crippen molar-refractivity contribution in [3.05, 3.63) is 178 Å². The van der Waals surface area contributed by atoms with E-state index in [1.165, 1.54) is 95.9 Å². The van der Waals surface area contributed by atoms with E-state index in [-0.39, 0.29) is 39.2 Å². The van der Waals surface area contributed by atoms with Gasteiger partial charge in [0.05, 0.1) is 5.69 Å². The van der Waals surface area contributed by atoms with Crippen molar-refractivity contribution < 1.29 is 0 Å². The van der Waals surface area contributed by atoms with Crippen LogP contribution in [0.25, 0.3) is 0 Å². The van der Waals surface area contributed by atoms with Crippen LogP contribution in [0.1, 0.15) is 155 Å². The lowest BCUT2D eigenvalue weighted by atomic mass is 9.33. The van der Waals surface area contributed by atoms with E-state index in [2.05, 4.69) is 258 Å². The maximum Gasteiger partial charge on any atom is 0.252 e. The average Bonchev–Trinajstić information content (AvgIpc) is 3.48. The number of aryl methyl sites for hydroxylation is 1. The summed E-state index contributed by atoms with van der Waals surface area (Å²) in [4.78, 5) is 7.85. The van der Waals surface area contributed by atoms with Gasteiger partial charge >= 0.3 is 0 Å². The van der Waals surface area contributed by atoms with Gasteiger partial charge in [0.15, 0.2) is 0 Å². The first-order chi connectivity index (χ1) is 32.9. The molecule has 2 heterocycles.